The summed E-state index contributed by atoms with van der Waals surface area (Å²) >= 11 is 0. The van der Waals surface area contributed by atoms with Crippen LogP contribution in [-0.4, -0.2) is 45.5 Å². The molecule has 1 aliphatic rings. The first kappa shape index (κ1) is 19.8. The van der Waals surface area contributed by atoms with Crippen LogP contribution in [0.3, 0.4) is 0 Å². The van der Waals surface area contributed by atoms with Gasteiger partial charge in [-0.3, -0.25) is 4.68 Å². The van der Waals surface area contributed by atoms with Crippen LogP contribution < -0.4 is 5.32 Å². The summed E-state index contributed by atoms with van der Waals surface area (Å²) in [5, 5.41) is 7.89. The molecule has 0 bridgehead atoms. The smallest absolute Gasteiger partial charge is 0.410 e. The lowest BCUT2D eigenvalue weighted by molar-refractivity contribution is 0.0220. The monoisotopic (exact) mass is 350 g/mol. The second-order valence-corrected chi connectivity index (χ2v) is 8.90. The lowest BCUT2D eigenvalue weighted by Gasteiger charge is -2.28. The molecule has 6 heteroatoms. The highest BCUT2D eigenvalue weighted by molar-refractivity contribution is 5.68. The number of ether oxygens (including phenoxy) is 1. The number of carbonyl (C=O) groups is 1. The van der Waals surface area contributed by atoms with Crippen molar-refractivity contribution >= 4 is 6.09 Å². The minimum Gasteiger partial charge on any atom is -0.444 e. The van der Waals surface area contributed by atoms with Crippen LogP contribution in [0.5, 0.6) is 0 Å². The normalized spacial score (nSPS) is 18.6. The molecule has 0 saturated carbocycles. The maximum atomic E-state index is 12.3. The van der Waals surface area contributed by atoms with E-state index in [4.69, 9.17) is 4.74 Å². The summed E-state index contributed by atoms with van der Waals surface area (Å²) in [4.78, 5) is 14.2. The Hall–Kier alpha value is -1.56. The second kappa shape index (κ2) is 7.77. The Bertz CT molecular complexity index is 569. The molecular weight excluding hydrogens is 316 g/mol. The summed E-state index contributed by atoms with van der Waals surface area (Å²) in [5.74, 6) is 0. The molecule has 1 fully saturated rings. The van der Waals surface area contributed by atoms with Crippen molar-refractivity contribution in [3.63, 3.8) is 0 Å². The predicted molar refractivity (Wildman–Crippen MR) is 99.5 cm³/mol. The number of aromatic nitrogens is 2. The van der Waals surface area contributed by atoms with Gasteiger partial charge in [0.25, 0.3) is 0 Å². The molecule has 6 nitrogen and oxygen atoms in total. The van der Waals surface area contributed by atoms with Gasteiger partial charge < -0.3 is 15.0 Å². The highest BCUT2D eigenvalue weighted by atomic mass is 16.6. The Balaban J connectivity index is 1.75. The molecule has 1 saturated heterocycles. The van der Waals surface area contributed by atoms with Gasteiger partial charge in [0.05, 0.1) is 11.7 Å². The van der Waals surface area contributed by atoms with Crippen molar-refractivity contribution in [1.29, 1.82) is 0 Å². The lowest BCUT2D eigenvalue weighted by Crippen LogP contribution is -2.40. The minimum absolute atomic E-state index is 0.00994. The molecule has 0 spiro atoms. The molecule has 1 aliphatic heterocycles. The van der Waals surface area contributed by atoms with E-state index in [1.54, 1.807) is 0 Å². The number of hydrogen-bond donors (Lipinski definition) is 1. The van der Waals surface area contributed by atoms with Gasteiger partial charge in [0, 0.05) is 30.9 Å². The van der Waals surface area contributed by atoms with Gasteiger partial charge in [0.15, 0.2) is 0 Å². The van der Waals surface area contributed by atoms with Crippen LogP contribution in [0.4, 0.5) is 4.79 Å². The zero-order valence-electron chi connectivity index (χ0n) is 16.6. The zero-order chi connectivity index (χ0) is 18.7. The van der Waals surface area contributed by atoms with Crippen molar-refractivity contribution in [2.45, 2.75) is 84.5 Å². The van der Waals surface area contributed by atoms with Crippen LogP contribution in [0.2, 0.25) is 0 Å². The third-order valence-electron chi connectivity index (χ3n) is 4.31. The molecular formula is C19H34N4O2. The van der Waals surface area contributed by atoms with E-state index in [0.29, 0.717) is 0 Å². The molecule has 1 N–H and O–H groups in total. The lowest BCUT2D eigenvalue weighted by atomic mass is 10.1. The standard InChI is InChI=1S/C19H34N4O2/c1-18(2,3)23-14-15(13-21-23)12-20-10-9-16-8-7-11-22(16)17(24)25-19(4,5)6/h13-14,16,20H,7-12H2,1-6H3. The quantitative estimate of drug-likeness (QED) is 0.826. The number of hydrogen-bond acceptors (Lipinski definition) is 4. The summed E-state index contributed by atoms with van der Waals surface area (Å²) in [6.45, 7) is 14.6. The van der Waals surface area contributed by atoms with Gasteiger partial charge in [0.1, 0.15) is 5.60 Å². The maximum absolute atomic E-state index is 12.3. The number of rotatable bonds is 5. The second-order valence-electron chi connectivity index (χ2n) is 8.90. The van der Waals surface area contributed by atoms with E-state index in [2.05, 4.69) is 37.4 Å². The molecule has 0 aromatic carbocycles. The SMILES string of the molecule is CC(C)(C)OC(=O)N1CCCC1CCNCc1cnn(C(C)(C)C)c1. The number of nitrogens with zero attached hydrogens (tertiary/aromatic N) is 3. The van der Waals surface area contributed by atoms with Crippen molar-refractivity contribution in [3.8, 4) is 0 Å². The van der Waals surface area contributed by atoms with Crippen LogP contribution >= 0.6 is 0 Å². The first-order valence-corrected chi connectivity index (χ1v) is 9.30. The van der Waals surface area contributed by atoms with Crippen molar-refractivity contribution < 1.29 is 9.53 Å². The Morgan fingerprint density at radius 3 is 2.64 bits per heavy atom. The molecule has 25 heavy (non-hydrogen) atoms. The molecule has 2 rings (SSSR count). The van der Waals surface area contributed by atoms with E-state index in [1.807, 2.05) is 36.5 Å². The van der Waals surface area contributed by atoms with Crippen LogP contribution in [0.25, 0.3) is 0 Å². The van der Waals surface area contributed by atoms with E-state index in [0.717, 1.165) is 38.9 Å². The van der Waals surface area contributed by atoms with Crippen molar-refractivity contribution in [2.75, 3.05) is 13.1 Å². The van der Waals surface area contributed by atoms with Gasteiger partial charge in [-0.1, -0.05) is 0 Å². The predicted octanol–water partition coefficient (Wildman–Crippen LogP) is 3.52. The molecule has 1 atom stereocenters. The summed E-state index contributed by atoms with van der Waals surface area (Å²) < 4.78 is 7.51. The fourth-order valence-corrected chi connectivity index (χ4v) is 3.02. The van der Waals surface area contributed by atoms with Gasteiger partial charge in [-0.2, -0.15) is 5.10 Å². The fourth-order valence-electron chi connectivity index (χ4n) is 3.02. The van der Waals surface area contributed by atoms with Gasteiger partial charge in [-0.15, -0.1) is 0 Å². The maximum Gasteiger partial charge on any atom is 0.410 e. The van der Waals surface area contributed by atoms with E-state index < -0.39 is 5.60 Å². The third-order valence-corrected chi connectivity index (χ3v) is 4.31. The van der Waals surface area contributed by atoms with Crippen LogP contribution in [-0.2, 0) is 16.8 Å². The number of likely N-dealkylation sites (tertiary alicyclic amines) is 1. The summed E-state index contributed by atoms with van der Waals surface area (Å²) in [7, 11) is 0. The first-order chi connectivity index (χ1) is 11.6. The Morgan fingerprint density at radius 1 is 1.32 bits per heavy atom. The van der Waals surface area contributed by atoms with E-state index in [9.17, 15) is 4.79 Å². The molecule has 1 unspecified atom stereocenters. The average molecular weight is 351 g/mol. The summed E-state index contributed by atoms with van der Waals surface area (Å²) in [6.07, 6.45) is 6.90. The Morgan fingerprint density at radius 2 is 2.04 bits per heavy atom. The highest BCUT2D eigenvalue weighted by Gasteiger charge is 2.31. The van der Waals surface area contributed by atoms with Crippen LogP contribution in [0.15, 0.2) is 12.4 Å². The zero-order valence-corrected chi connectivity index (χ0v) is 16.6. The number of carbonyl (C=O) groups excluding carboxylic acids is 1. The average Bonchev–Trinajstić information content (AvgIpc) is 3.10. The highest BCUT2D eigenvalue weighted by Crippen LogP contribution is 2.22. The van der Waals surface area contributed by atoms with Gasteiger partial charge >= 0.3 is 6.09 Å². The van der Waals surface area contributed by atoms with Crippen molar-refractivity contribution in [2.24, 2.45) is 0 Å². The molecule has 1 amide bonds. The Labute approximate surface area is 151 Å². The van der Waals surface area contributed by atoms with E-state index in [-0.39, 0.29) is 17.7 Å². The number of nitrogens with one attached hydrogen (secondary N) is 1. The molecule has 142 valence electrons. The summed E-state index contributed by atoms with van der Waals surface area (Å²) in [6, 6.07) is 0.277. The van der Waals surface area contributed by atoms with Crippen molar-refractivity contribution in [1.82, 2.24) is 20.0 Å². The third kappa shape index (κ3) is 6.03. The first-order valence-electron chi connectivity index (χ1n) is 9.30. The largest absolute Gasteiger partial charge is 0.444 e. The molecule has 0 aliphatic carbocycles. The summed E-state index contributed by atoms with van der Waals surface area (Å²) in [5.41, 5.74) is 0.761. The van der Waals surface area contributed by atoms with Gasteiger partial charge in [-0.25, -0.2) is 4.79 Å². The molecule has 0 radical (unpaired) electrons. The van der Waals surface area contributed by atoms with E-state index >= 15 is 0 Å². The van der Waals surface area contributed by atoms with Gasteiger partial charge in [0.2, 0.25) is 0 Å². The molecule has 1 aromatic heterocycles. The minimum atomic E-state index is -0.435. The Kier molecular flexibility index (Phi) is 6.14. The van der Waals surface area contributed by atoms with Crippen LogP contribution in [0, 0.1) is 0 Å². The number of amides is 1. The van der Waals surface area contributed by atoms with Gasteiger partial charge in [-0.05, 0) is 67.3 Å². The van der Waals surface area contributed by atoms with Crippen molar-refractivity contribution in [3.05, 3.63) is 18.0 Å². The molecule has 1 aromatic rings. The fraction of sp³-hybridized carbons (Fsp3) is 0.789. The van der Waals surface area contributed by atoms with E-state index in [1.165, 1.54) is 5.56 Å². The van der Waals surface area contributed by atoms with Crippen LogP contribution in [0.1, 0.15) is 66.4 Å². The topological polar surface area (TPSA) is 59.4 Å². The molecule has 2 heterocycles.